The summed E-state index contributed by atoms with van der Waals surface area (Å²) in [5.74, 6) is 0. The molecule has 0 aliphatic heterocycles. The summed E-state index contributed by atoms with van der Waals surface area (Å²) >= 11 is 0. The van der Waals surface area contributed by atoms with Crippen molar-refractivity contribution in [2.75, 3.05) is 0 Å². The second kappa shape index (κ2) is 8.57. The number of pyridine rings is 1. The Kier molecular flexibility index (Phi) is 5.57. The van der Waals surface area contributed by atoms with Gasteiger partial charge in [-0.15, -0.1) is 0 Å². The van der Waals surface area contributed by atoms with Crippen LogP contribution >= 0.6 is 0 Å². The molecule has 34 heavy (non-hydrogen) atoms. The molecular weight excluding hydrogens is 410 g/mol. The molecule has 0 aliphatic rings. The molecule has 1 aromatic heterocycles. The van der Waals surface area contributed by atoms with Crippen molar-refractivity contribution < 1.29 is 4.57 Å². The first-order valence-electron chi connectivity index (χ1n) is 12.0. The molecule has 0 saturated carbocycles. The Morgan fingerprint density at radius 3 is 2.12 bits per heavy atom. The van der Waals surface area contributed by atoms with E-state index in [0.717, 1.165) is 0 Å². The minimum atomic E-state index is -0.306. The van der Waals surface area contributed by atoms with E-state index in [1.807, 2.05) is 0 Å². The summed E-state index contributed by atoms with van der Waals surface area (Å²) in [6, 6.07) is 35.4. The van der Waals surface area contributed by atoms with Crippen LogP contribution in [0.5, 0.6) is 0 Å². The molecule has 0 amide bonds. The lowest BCUT2D eigenvalue weighted by atomic mass is 9.69. The quantitative estimate of drug-likeness (QED) is 0.252. The van der Waals surface area contributed by atoms with Crippen molar-refractivity contribution >= 4 is 10.8 Å². The van der Waals surface area contributed by atoms with Gasteiger partial charge in [-0.3, -0.25) is 0 Å². The molecule has 1 unspecified atom stereocenters. The van der Waals surface area contributed by atoms with Gasteiger partial charge in [0.2, 0.25) is 0 Å². The van der Waals surface area contributed by atoms with Gasteiger partial charge in [0.25, 0.3) is 0 Å². The summed E-state index contributed by atoms with van der Waals surface area (Å²) in [6.07, 6.45) is 2.15. The molecular formula is C33H32N+. The highest BCUT2D eigenvalue weighted by molar-refractivity contribution is 5.99. The lowest BCUT2D eigenvalue weighted by Crippen LogP contribution is -2.43. The number of aryl methyl sites for hydroxylation is 3. The molecule has 0 N–H and O–H groups in total. The standard InChI is InChI=1S/C33H32N/c1-23-13-6-9-17-29(23)33(4,31-19-10-11-22-34(31)5)30-18-12-16-27(25(30)3)32-24(2)20-21-26-14-7-8-15-28(26)32/h6-22H,1-5H3/q+1. The topological polar surface area (TPSA) is 3.88 Å². The Bertz CT molecular complexity index is 1460. The molecule has 1 nitrogen and oxygen atoms in total. The van der Waals surface area contributed by atoms with E-state index in [-0.39, 0.29) is 5.41 Å². The van der Waals surface area contributed by atoms with Crippen molar-refractivity contribution in [3.8, 4) is 11.1 Å². The maximum absolute atomic E-state index is 2.38. The Morgan fingerprint density at radius 2 is 1.32 bits per heavy atom. The highest BCUT2D eigenvalue weighted by atomic mass is 14.9. The molecule has 168 valence electrons. The zero-order valence-electron chi connectivity index (χ0n) is 20.8. The van der Waals surface area contributed by atoms with Gasteiger partial charge in [0.05, 0.1) is 0 Å². The summed E-state index contributed by atoms with van der Waals surface area (Å²) in [6.45, 7) is 9.13. The maximum Gasteiger partial charge on any atom is 0.195 e. The summed E-state index contributed by atoms with van der Waals surface area (Å²) in [5.41, 5.74) is 10.2. The van der Waals surface area contributed by atoms with Crippen LogP contribution in [0.4, 0.5) is 0 Å². The molecule has 0 saturated heterocycles. The number of hydrogen-bond donors (Lipinski definition) is 0. The fourth-order valence-electron chi connectivity index (χ4n) is 5.78. The third-order valence-electron chi connectivity index (χ3n) is 7.53. The second-order valence-electron chi connectivity index (χ2n) is 9.59. The SMILES string of the molecule is Cc1ccccc1C(C)(c1cccc(-c2c(C)ccc3ccccc23)c1C)c1cccc[n+]1C. The molecule has 5 rings (SSSR count). The van der Waals surface area contributed by atoms with Crippen molar-refractivity contribution in [3.63, 3.8) is 0 Å². The lowest BCUT2D eigenvalue weighted by Gasteiger charge is -2.32. The zero-order valence-corrected chi connectivity index (χ0v) is 20.8. The van der Waals surface area contributed by atoms with Crippen molar-refractivity contribution in [1.29, 1.82) is 0 Å². The van der Waals surface area contributed by atoms with Gasteiger partial charge in [0.15, 0.2) is 11.9 Å². The minimum absolute atomic E-state index is 0.306. The van der Waals surface area contributed by atoms with Crippen LogP contribution in [0, 0.1) is 20.8 Å². The van der Waals surface area contributed by atoms with E-state index >= 15 is 0 Å². The third-order valence-corrected chi connectivity index (χ3v) is 7.53. The Hall–Kier alpha value is -3.71. The number of fused-ring (bicyclic) bond motifs is 1. The molecule has 0 radical (unpaired) electrons. The Balaban J connectivity index is 1.85. The summed E-state index contributed by atoms with van der Waals surface area (Å²) in [7, 11) is 2.15. The summed E-state index contributed by atoms with van der Waals surface area (Å²) in [5, 5.41) is 2.59. The van der Waals surface area contributed by atoms with Crippen molar-refractivity contribution in [1.82, 2.24) is 0 Å². The van der Waals surface area contributed by atoms with Gasteiger partial charge in [-0.2, -0.15) is 0 Å². The van der Waals surface area contributed by atoms with E-state index in [0.29, 0.717) is 0 Å². The van der Waals surface area contributed by atoms with Crippen LogP contribution in [-0.4, -0.2) is 0 Å². The van der Waals surface area contributed by atoms with Gasteiger partial charge in [0, 0.05) is 12.1 Å². The number of rotatable bonds is 4. The van der Waals surface area contributed by atoms with Gasteiger partial charge in [-0.05, 0) is 77.4 Å². The molecule has 1 heteroatoms. The van der Waals surface area contributed by atoms with Crippen LogP contribution in [0.2, 0.25) is 0 Å². The number of aromatic nitrogens is 1. The first-order chi connectivity index (χ1) is 16.4. The van der Waals surface area contributed by atoms with Crippen molar-refractivity contribution in [2.24, 2.45) is 7.05 Å². The van der Waals surface area contributed by atoms with Crippen LogP contribution in [0.15, 0.2) is 103 Å². The third kappa shape index (κ3) is 3.44. The molecule has 0 aliphatic carbocycles. The fraction of sp³-hybridized carbons (Fsp3) is 0.182. The number of nitrogens with zero attached hydrogens (tertiary/aromatic N) is 1. The first-order valence-corrected chi connectivity index (χ1v) is 12.0. The average molecular weight is 443 g/mol. The molecule has 1 heterocycles. The Labute approximate surface area is 203 Å². The van der Waals surface area contributed by atoms with Gasteiger partial charge in [-0.25, -0.2) is 4.57 Å². The van der Waals surface area contributed by atoms with Crippen LogP contribution < -0.4 is 4.57 Å². The molecule has 5 aromatic rings. The first kappa shape index (κ1) is 22.1. The van der Waals surface area contributed by atoms with Gasteiger partial charge in [-0.1, -0.05) is 84.9 Å². The molecule has 0 bridgehead atoms. The normalized spacial score (nSPS) is 13.1. The summed E-state index contributed by atoms with van der Waals surface area (Å²) < 4.78 is 2.27. The average Bonchev–Trinajstić information content (AvgIpc) is 2.85. The number of hydrogen-bond acceptors (Lipinski definition) is 0. The molecule has 0 fully saturated rings. The Morgan fingerprint density at radius 1 is 0.618 bits per heavy atom. The van der Waals surface area contributed by atoms with E-state index in [2.05, 4.69) is 143 Å². The number of benzene rings is 4. The van der Waals surface area contributed by atoms with Crippen LogP contribution in [0.25, 0.3) is 21.9 Å². The predicted octanol–water partition coefficient (Wildman–Crippen LogP) is 7.61. The highest BCUT2D eigenvalue weighted by Gasteiger charge is 2.40. The van der Waals surface area contributed by atoms with E-state index in [4.69, 9.17) is 0 Å². The van der Waals surface area contributed by atoms with Crippen molar-refractivity contribution in [3.05, 3.63) is 137 Å². The van der Waals surface area contributed by atoms with E-state index in [1.165, 1.54) is 55.4 Å². The fourth-order valence-corrected chi connectivity index (χ4v) is 5.78. The van der Waals surface area contributed by atoms with Crippen molar-refractivity contribution in [2.45, 2.75) is 33.1 Å². The maximum atomic E-state index is 2.38. The predicted molar refractivity (Wildman–Crippen MR) is 143 cm³/mol. The van der Waals surface area contributed by atoms with Gasteiger partial charge >= 0.3 is 0 Å². The smallest absolute Gasteiger partial charge is 0.195 e. The molecule has 1 atom stereocenters. The van der Waals surface area contributed by atoms with Gasteiger partial charge in [0.1, 0.15) is 12.5 Å². The second-order valence-corrected chi connectivity index (χ2v) is 9.59. The molecule has 4 aromatic carbocycles. The molecule has 0 spiro atoms. The van der Waals surface area contributed by atoms with E-state index < -0.39 is 0 Å². The lowest BCUT2D eigenvalue weighted by molar-refractivity contribution is -0.681. The minimum Gasteiger partial charge on any atom is -0.204 e. The van der Waals surface area contributed by atoms with Crippen LogP contribution in [0.1, 0.15) is 40.4 Å². The monoisotopic (exact) mass is 442 g/mol. The summed E-state index contributed by atoms with van der Waals surface area (Å²) in [4.78, 5) is 0. The van der Waals surface area contributed by atoms with E-state index in [9.17, 15) is 0 Å². The van der Waals surface area contributed by atoms with Crippen LogP contribution in [0.3, 0.4) is 0 Å². The highest BCUT2D eigenvalue weighted by Crippen LogP contribution is 2.43. The van der Waals surface area contributed by atoms with E-state index in [1.54, 1.807) is 0 Å². The van der Waals surface area contributed by atoms with Crippen LogP contribution in [-0.2, 0) is 12.5 Å². The largest absolute Gasteiger partial charge is 0.204 e. The zero-order chi connectivity index (χ0) is 23.9. The van der Waals surface area contributed by atoms with Gasteiger partial charge < -0.3 is 0 Å².